The number of nitrogens with zero attached hydrogens (tertiary/aromatic N) is 1. The van der Waals surface area contributed by atoms with E-state index in [-0.39, 0.29) is 12.2 Å². The number of aryl methyl sites for hydroxylation is 1. The van der Waals surface area contributed by atoms with Crippen molar-refractivity contribution < 1.29 is 23.6 Å². The van der Waals surface area contributed by atoms with Crippen molar-refractivity contribution in [1.82, 2.24) is 10.5 Å². The minimum atomic E-state index is -0.520. The van der Waals surface area contributed by atoms with E-state index >= 15 is 0 Å². The number of nitrogens with one attached hydrogen (secondary N) is 1. The number of carbonyl (C=O) groups excluding carboxylic acids is 2. The second-order valence-corrected chi connectivity index (χ2v) is 5.12. The molecule has 1 N–H and O–H groups in total. The number of amides is 1. The van der Waals surface area contributed by atoms with E-state index < -0.39 is 11.9 Å². The number of esters is 1. The summed E-state index contributed by atoms with van der Waals surface area (Å²) < 4.78 is 15.1. The van der Waals surface area contributed by atoms with Gasteiger partial charge in [-0.3, -0.25) is 9.59 Å². The number of fused-ring (bicyclic) bond motifs is 3. The Morgan fingerprint density at radius 3 is 2.87 bits per heavy atom. The van der Waals surface area contributed by atoms with Crippen LogP contribution in [0.1, 0.15) is 21.6 Å². The molecule has 1 aromatic heterocycles. The monoisotopic (exact) mass is 316 g/mol. The number of hydrogen-bond acceptors (Lipinski definition) is 6. The molecule has 0 fully saturated rings. The average Bonchev–Trinajstić information content (AvgIpc) is 3.03. The van der Waals surface area contributed by atoms with Crippen LogP contribution in [0.2, 0.25) is 0 Å². The first-order chi connectivity index (χ1) is 11.1. The number of rotatable bonds is 4. The predicted molar refractivity (Wildman–Crippen MR) is 80.2 cm³/mol. The third-order valence-electron chi connectivity index (χ3n) is 3.83. The maximum atomic E-state index is 12.1. The zero-order chi connectivity index (χ0) is 16.4. The summed E-state index contributed by atoms with van der Waals surface area (Å²) in [7, 11) is 2.88. The van der Waals surface area contributed by atoms with Gasteiger partial charge in [-0.25, -0.2) is 0 Å². The zero-order valence-corrected chi connectivity index (χ0v) is 12.8. The van der Waals surface area contributed by atoms with Crippen molar-refractivity contribution in [3.8, 4) is 17.1 Å². The molecule has 0 unspecified atom stereocenters. The van der Waals surface area contributed by atoms with Crippen LogP contribution < -0.4 is 10.1 Å². The minimum absolute atomic E-state index is 0.204. The number of hydrogen-bond donors (Lipinski definition) is 1. The minimum Gasteiger partial charge on any atom is -0.497 e. The quantitative estimate of drug-likeness (QED) is 0.856. The molecule has 7 nitrogen and oxygen atoms in total. The van der Waals surface area contributed by atoms with Crippen molar-refractivity contribution in [2.45, 2.75) is 12.8 Å². The number of benzene rings is 1. The lowest BCUT2D eigenvalue weighted by molar-refractivity contribution is -0.139. The predicted octanol–water partition coefficient (Wildman–Crippen LogP) is 1.35. The van der Waals surface area contributed by atoms with Gasteiger partial charge in [-0.2, -0.15) is 0 Å². The molecule has 0 atom stereocenters. The van der Waals surface area contributed by atoms with Crippen LogP contribution >= 0.6 is 0 Å². The topological polar surface area (TPSA) is 90.7 Å². The van der Waals surface area contributed by atoms with Gasteiger partial charge in [0, 0.05) is 11.1 Å². The fourth-order valence-corrected chi connectivity index (χ4v) is 2.62. The van der Waals surface area contributed by atoms with Crippen molar-refractivity contribution in [2.24, 2.45) is 0 Å². The van der Waals surface area contributed by atoms with E-state index in [1.54, 1.807) is 7.11 Å². The second kappa shape index (κ2) is 6.12. The molecule has 1 aromatic carbocycles. The summed E-state index contributed by atoms with van der Waals surface area (Å²) in [6.45, 7) is -0.204. The zero-order valence-electron chi connectivity index (χ0n) is 12.8. The Labute approximate surface area is 132 Å². The molecular formula is C16H16N2O5. The Bertz CT molecular complexity index is 766. The fourth-order valence-electron chi connectivity index (χ4n) is 2.62. The molecule has 120 valence electrons. The maximum absolute atomic E-state index is 12.1. The Hall–Kier alpha value is -2.83. The van der Waals surface area contributed by atoms with Gasteiger partial charge in [0.25, 0.3) is 5.91 Å². The Morgan fingerprint density at radius 1 is 1.30 bits per heavy atom. The van der Waals surface area contributed by atoms with Gasteiger partial charge >= 0.3 is 5.97 Å². The van der Waals surface area contributed by atoms with Crippen LogP contribution in [-0.4, -0.2) is 37.8 Å². The van der Waals surface area contributed by atoms with Crippen molar-refractivity contribution >= 4 is 11.9 Å². The first-order valence-corrected chi connectivity index (χ1v) is 7.15. The number of methoxy groups -OCH3 is 2. The molecule has 0 bridgehead atoms. The molecular weight excluding hydrogens is 300 g/mol. The Balaban J connectivity index is 1.87. The fraction of sp³-hybridized carbons (Fsp3) is 0.312. The lowest BCUT2D eigenvalue weighted by atomic mass is 9.89. The normalized spacial score (nSPS) is 12.1. The molecule has 23 heavy (non-hydrogen) atoms. The maximum Gasteiger partial charge on any atom is 0.325 e. The highest BCUT2D eigenvalue weighted by Gasteiger charge is 2.28. The van der Waals surface area contributed by atoms with Crippen molar-refractivity contribution in [1.29, 1.82) is 0 Å². The first-order valence-electron chi connectivity index (χ1n) is 7.15. The standard InChI is InChI=1S/C16H16N2O5/c1-21-10-4-6-11-9(7-10)3-5-12-14(18-23-15(11)12)16(20)17-8-13(19)22-2/h4,6-7H,3,5,8H2,1-2H3,(H,17,20). The Morgan fingerprint density at radius 2 is 2.13 bits per heavy atom. The second-order valence-electron chi connectivity index (χ2n) is 5.12. The summed E-state index contributed by atoms with van der Waals surface area (Å²) in [5.41, 5.74) is 2.97. The summed E-state index contributed by atoms with van der Waals surface area (Å²) in [4.78, 5) is 23.3. The van der Waals surface area contributed by atoms with Crippen molar-refractivity contribution in [3.63, 3.8) is 0 Å². The summed E-state index contributed by atoms with van der Waals surface area (Å²) in [5.74, 6) is 0.408. The van der Waals surface area contributed by atoms with Gasteiger partial charge in [-0.05, 0) is 36.6 Å². The van der Waals surface area contributed by atoms with Gasteiger partial charge in [0.1, 0.15) is 12.3 Å². The van der Waals surface area contributed by atoms with E-state index in [9.17, 15) is 9.59 Å². The SMILES string of the molecule is COC(=O)CNC(=O)c1noc2c1CCc1cc(OC)ccc1-2. The molecule has 0 aliphatic heterocycles. The summed E-state index contributed by atoms with van der Waals surface area (Å²) >= 11 is 0. The molecule has 0 saturated heterocycles. The van der Waals surface area contributed by atoms with Crippen LogP contribution in [0.4, 0.5) is 0 Å². The van der Waals surface area contributed by atoms with Gasteiger partial charge in [-0.15, -0.1) is 0 Å². The largest absolute Gasteiger partial charge is 0.497 e. The van der Waals surface area contributed by atoms with Gasteiger partial charge in [0.2, 0.25) is 0 Å². The average molecular weight is 316 g/mol. The summed E-state index contributed by atoms with van der Waals surface area (Å²) in [6, 6.07) is 5.69. The lowest BCUT2D eigenvalue weighted by Gasteiger charge is -2.15. The smallest absolute Gasteiger partial charge is 0.325 e. The highest BCUT2D eigenvalue weighted by molar-refractivity contribution is 5.97. The van der Waals surface area contributed by atoms with Crippen molar-refractivity contribution in [3.05, 3.63) is 35.0 Å². The van der Waals surface area contributed by atoms with Crippen LogP contribution in [0.5, 0.6) is 5.75 Å². The molecule has 1 amide bonds. The molecule has 7 heteroatoms. The van der Waals surface area contributed by atoms with Crippen LogP contribution in [0.25, 0.3) is 11.3 Å². The van der Waals surface area contributed by atoms with Crippen LogP contribution in [-0.2, 0) is 22.4 Å². The molecule has 0 radical (unpaired) electrons. The van der Waals surface area contributed by atoms with E-state index in [1.165, 1.54) is 7.11 Å². The van der Waals surface area contributed by atoms with Gasteiger partial charge in [0.05, 0.1) is 14.2 Å². The third kappa shape index (κ3) is 2.77. The van der Waals surface area contributed by atoms with E-state index in [0.717, 1.165) is 28.9 Å². The number of carbonyl (C=O) groups is 2. The molecule has 1 aliphatic carbocycles. The van der Waals surface area contributed by atoms with E-state index in [2.05, 4.69) is 15.2 Å². The van der Waals surface area contributed by atoms with Gasteiger partial charge < -0.3 is 19.3 Å². The molecule has 2 aromatic rings. The highest BCUT2D eigenvalue weighted by atomic mass is 16.5. The molecule has 3 rings (SSSR count). The summed E-state index contributed by atoms with van der Waals surface area (Å²) in [5, 5.41) is 6.34. The lowest BCUT2D eigenvalue weighted by Crippen LogP contribution is -2.31. The first kappa shape index (κ1) is 15.1. The van der Waals surface area contributed by atoms with Crippen LogP contribution in [0.3, 0.4) is 0 Å². The third-order valence-corrected chi connectivity index (χ3v) is 3.83. The molecule has 1 heterocycles. The van der Waals surface area contributed by atoms with Crippen molar-refractivity contribution in [2.75, 3.05) is 20.8 Å². The number of aromatic nitrogens is 1. The van der Waals surface area contributed by atoms with E-state index in [1.807, 2.05) is 18.2 Å². The molecule has 0 saturated carbocycles. The van der Waals surface area contributed by atoms with E-state index in [4.69, 9.17) is 9.26 Å². The van der Waals surface area contributed by atoms with E-state index in [0.29, 0.717) is 12.2 Å². The molecule has 1 aliphatic rings. The molecule has 0 spiro atoms. The van der Waals surface area contributed by atoms with Gasteiger partial charge in [0.15, 0.2) is 11.5 Å². The summed E-state index contributed by atoms with van der Waals surface area (Å²) in [6.07, 6.45) is 1.40. The Kier molecular flexibility index (Phi) is 4.01. The van der Waals surface area contributed by atoms with Crippen LogP contribution in [0, 0.1) is 0 Å². The number of ether oxygens (including phenoxy) is 2. The highest BCUT2D eigenvalue weighted by Crippen LogP contribution is 2.36. The van der Waals surface area contributed by atoms with Crippen LogP contribution in [0.15, 0.2) is 22.7 Å². The van der Waals surface area contributed by atoms with Gasteiger partial charge in [-0.1, -0.05) is 5.16 Å².